The van der Waals surface area contributed by atoms with Gasteiger partial charge in [0.1, 0.15) is 5.82 Å². The molecule has 18 heavy (non-hydrogen) atoms. The summed E-state index contributed by atoms with van der Waals surface area (Å²) in [7, 11) is 0. The highest BCUT2D eigenvalue weighted by Crippen LogP contribution is 2.16. The van der Waals surface area contributed by atoms with E-state index in [0.29, 0.717) is 28.5 Å². The van der Waals surface area contributed by atoms with Crippen LogP contribution in [-0.4, -0.2) is 9.97 Å². The van der Waals surface area contributed by atoms with E-state index in [-0.39, 0.29) is 11.4 Å². The van der Waals surface area contributed by atoms with Crippen molar-refractivity contribution >= 4 is 11.6 Å². The van der Waals surface area contributed by atoms with Crippen LogP contribution < -0.4 is 10.9 Å². The van der Waals surface area contributed by atoms with Gasteiger partial charge in [0, 0.05) is 16.9 Å². The molecule has 2 aromatic rings. The maximum atomic E-state index is 13.4. The summed E-state index contributed by atoms with van der Waals surface area (Å²) < 4.78 is 13.4. The van der Waals surface area contributed by atoms with Crippen molar-refractivity contribution < 1.29 is 4.39 Å². The number of nitrogens with one attached hydrogen (secondary N) is 2. The molecule has 0 fully saturated rings. The molecule has 0 amide bonds. The highest BCUT2D eigenvalue weighted by molar-refractivity contribution is 5.54. The molecular weight excluding hydrogens is 233 g/mol. The lowest BCUT2D eigenvalue weighted by molar-refractivity contribution is 0.619. The number of rotatable bonds is 2. The van der Waals surface area contributed by atoms with Crippen molar-refractivity contribution in [1.29, 1.82) is 0 Å². The molecule has 0 radical (unpaired) electrons. The van der Waals surface area contributed by atoms with Gasteiger partial charge in [-0.05, 0) is 38.5 Å². The Morgan fingerprint density at radius 3 is 2.61 bits per heavy atom. The molecule has 0 saturated heterocycles. The summed E-state index contributed by atoms with van der Waals surface area (Å²) in [5.41, 5.74) is 2.15. The molecule has 0 aliphatic heterocycles. The van der Waals surface area contributed by atoms with E-state index >= 15 is 0 Å². The van der Waals surface area contributed by atoms with Gasteiger partial charge in [-0.15, -0.1) is 0 Å². The van der Waals surface area contributed by atoms with Crippen molar-refractivity contribution in [2.45, 2.75) is 20.8 Å². The second-order valence-corrected chi connectivity index (χ2v) is 4.21. The molecule has 0 unspecified atom stereocenters. The largest absolute Gasteiger partial charge is 0.326 e. The molecule has 0 aliphatic rings. The van der Waals surface area contributed by atoms with Crippen molar-refractivity contribution in [1.82, 2.24) is 9.97 Å². The molecule has 2 N–H and O–H groups in total. The van der Waals surface area contributed by atoms with Gasteiger partial charge < -0.3 is 5.32 Å². The highest BCUT2D eigenvalue weighted by Gasteiger charge is 2.05. The third-order valence-electron chi connectivity index (χ3n) is 2.83. The lowest BCUT2D eigenvalue weighted by Gasteiger charge is -2.08. The number of aromatic amines is 1. The van der Waals surface area contributed by atoms with E-state index in [9.17, 15) is 9.18 Å². The van der Waals surface area contributed by atoms with Crippen molar-refractivity contribution in [3.05, 3.63) is 51.2 Å². The number of aryl methyl sites for hydroxylation is 2. The topological polar surface area (TPSA) is 57.8 Å². The lowest BCUT2D eigenvalue weighted by atomic mass is 10.2. The van der Waals surface area contributed by atoms with E-state index in [1.165, 1.54) is 6.07 Å². The number of benzene rings is 1. The molecule has 0 atom stereocenters. The van der Waals surface area contributed by atoms with Crippen LogP contribution in [0.2, 0.25) is 0 Å². The summed E-state index contributed by atoms with van der Waals surface area (Å²) in [6, 6.07) is 4.76. The van der Waals surface area contributed by atoms with E-state index in [0.717, 1.165) is 0 Å². The van der Waals surface area contributed by atoms with Gasteiger partial charge in [-0.3, -0.25) is 9.78 Å². The maximum Gasteiger partial charge on any atom is 0.255 e. The maximum absolute atomic E-state index is 13.4. The fraction of sp³-hybridized carbons (Fsp3) is 0.231. The molecule has 0 bridgehead atoms. The number of hydrogen-bond acceptors (Lipinski definition) is 3. The average molecular weight is 247 g/mol. The van der Waals surface area contributed by atoms with Crippen molar-refractivity contribution in [3.8, 4) is 0 Å². The van der Waals surface area contributed by atoms with Crippen molar-refractivity contribution in [2.75, 3.05) is 5.32 Å². The second kappa shape index (κ2) is 4.60. The SMILES string of the molecule is Cc1ccc(Nc2nc(C)c(C)c(=O)[nH]2)cc1F. The lowest BCUT2D eigenvalue weighted by Crippen LogP contribution is -2.15. The Kier molecular flexibility index (Phi) is 3.14. The van der Waals surface area contributed by atoms with Crippen LogP contribution in [0.25, 0.3) is 0 Å². The fourth-order valence-corrected chi connectivity index (χ4v) is 1.51. The number of aromatic nitrogens is 2. The molecule has 4 nitrogen and oxygen atoms in total. The van der Waals surface area contributed by atoms with Gasteiger partial charge in [0.15, 0.2) is 0 Å². The van der Waals surface area contributed by atoms with Gasteiger partial charge in [0.2, 0.25) is 5.95 Å². The summed E-state index contributed by atoms with van der Waals surface area (Å²) in [5, 5.41) is 2.87. The Morgan fingerprint density at radius 2 is 2.00 bits per heavy atom. The first-order valence-electron chi connectivity index (χ1n) is 5.58. The molecule has 0 aliphatic carbocycles. The number of H-pyrrole nitrogens is 1. The summed E-state index contributed by atoms with van der Waals surface area (Å²) in [4.78, 5) is 18.4. The van der Waals surface area contributed by atoms with Gasteiger partial charge in [-0.1, -0.05) is 6.07 Å². The Bertz CT molecular complexity index is 649. The molecule has 2 rings (SSSR count). The predicted molar refractivity (Wildman–Crippen MR) is 68.8 cm³/mol. The zero-order valence-corrected chi connectivity index (χ0v) is 10.5. The van der Waals surface area contributed by atoms with Crippen LogP contribution in [-0.2, 0) is 0 Å². The van der Waals surface area contributed by atoms with Crippen LogP contribution in [0, 0.1) is 26.6 Å². The molecule has 94 valence electrons. The van der Waals surface area contributed by atoms with Gasteiger partial charge in [-0.2, -0.15) is 0 Å². The van der Waals surface area contributed by atoms with E-state index in [1.807, 2.05) is 0 Å². The summed E-state index contributed by atoms with van der Waals surface area (Å²) in [5.74, 6) is 0.0116. The third-order valence-corrected chi connectivity index (χ3v) is 2.83. The Labute approximate surface area is 104 Å². The minimum atomic E-state index is -0.300. The number of anilines is 2. The molecule has 1 aromatic carbocycles. The van der Waals surface area contributed by atoms with Gasteiger partial charge in [0.05, 0.1) is 0 Å². The summed E-state index contributed by atoms with van der Waals surface area (Å²) >= 11 is 0. The molecule has 0 spiro atoms. The van der Waals surface area contributed by atoms with E-state index < -0.39 is 0 Å². The summed E-state index contributed by atoms with van der Waals surface area (Å²) in [6.45, 7) is 5.15. The van der Waals surface area contributed by atoms with Gasteiger partial charge in [-0.25, -0.2) is 9.37 Å². The first-order valence-corrected chi connectivity index (χ1v) is 5.58. The zero-order chi connectivity index (χ0) is 13.3. The minimum absolute atomic E-state index is 0.197. The Hall–Kier alpha value is -2.17. The van der Waals surface area contributed by atoms with Gasteiger partial charge in [0.25, 0.3) is 5.56 Å². The van der Waals surface area contributed by atoms with Crippen LogP contribution >= 0.6 is 0 Å². The standard InChI is InChI=1S/C13H14FN3O/c1-7-4-5-10(6-11(7)14)16-13-15-9(3)8(2)12(18)17-13/h4-6H,1-3H3,(H2,15,16,17,18). The quantitative estimate of drug-likeness (QED) is 0.857. The molecule has 1 heterocycles. The van der Waals surface area contributed by atoms with Crippen LogP contribution in [0.4, 0.5) is 16.0 Å². The van der Waals surface area contributed by atoms with E-state index in [2.05, 4.69) is 15.3 Å². The Balaban J connectivity index is 2.34. The van der Waals surface area contributed by atoms with Gasteiger partial charge >= 0.3 is 0 Å². The van der Waals surface area contributed by atoms with Crippen LogP contribution in [0.3, 0.4) is 0 Å². The predicted octanol–water partition coefficient (Wildman–Crippen LogP) is 2.58. The smallest absolute Gasteiger partial charge is 0.255 e. The molecular formula is C13H14FN3O. The second-order valence-electron chi connectivity index (χ2n) is 4.21. The van der Waals surface area contributed by atoms with E-state index in [4.69, 9.17) is 0 Å². The number of hydrogen-bond donors (Lipinski definition) is 2. The average Bonchev–Trinajstić information content (AvgIpc) is 2.31. The monoisotopic (exact) mass is 247 g/mol. The van der Waals surface area contributed by atoms with Crippen molar-refractivity contribution in [3.63, 3.8) is 0 Å². The minimum Gasteiger partial charge on any atom is -0.326 e. The summed E-state index contributed by atoms with van der Waals surface area (Å²) in [6.07, 6.45) is 0. The van der Waals surface area contributed by atoms with Crippen LogP contribution in [0.1, 0.15) is 16.8 Å². The normalized spacial score (nSPS) is 10.4. The highest BCUT2D eigenvalue weighted by atomic mass is 19.1. The Morgan fingerprint density at radius 1 is 1.28 bits per heavy atom. The van der Waals surface area contributed by atoms with Crippen LogP contribution in [0.15, 0.2) is 23.0 Å². The van der Waals surface area contributed by atoms with E-state index in [1.54, 1.807) is 32.9 Å². The number of halogens is 1. The first-order chi connectivity index (χ1) is 8.47. The third kappa shape index (κ3) is 2.40. The fourth-order valence-electron chi connectivity index (χ4n) is 1.51. The first kappa shape index (κ1) is 12.3. The molecule has 1 aromatic heterocycles. The van der Waals surface area contributed by atoms with Crippen LogP contribution in [0.5, 0.6) is 0 Å². The van der Waals surface area contributed by atoms with Crippen molar-refractivity contribution in [2.24, 2.45) is 0 Å². The molecule has 5 heteroatoms. The number of nitrogens with zero attached hydrogens (tertiary/aromatic N) is 1. The zero-order valence-electron chi connectivity index (χ0n) is 10.5. The molecule has 0 saturated carbocycles.